The molecule has 0 fully saturated rings. The number of hydrogen-bond acceptors (Lipinski definition) is 3. The second kappa shape index (κ2) is 10.8. The first-order valence-corrected chi connectivity index (χ1v) is 10.3. The summed E-state index contributed by atoms with van der Waals surface area (Å²) < 4.78 is 5.88. The average molecular weight is 441 g/mol. The zero-order valence-electron chi connectivity index (χ0n) is 16.3. The summed E-state index contributed by atoms with van der Waals surface area (Å²) in [6, 6.07) is 22.1. The smallest absolute Gasteiger partial charge is 0.228 e. The van der Waals surface area contributed by atoms with Crippen molar-refractivity contribution >= 4 is 41.0 Å². The quantitative estimate of drug-likeness (QED) is 0.388. The number of halogens is 2. The zero-order valence-corrected chi connectivity index (χ0v) is 17.8. The number of nitrogens with one attached hydrogen (secondary N) is 2. The van der Waals surface area contributed by atoms with E-state index in [1.54, 1.807) is 30.3 Å². The molecule has 0 aliphatic rings. The van der Waals surface area contributed by atoms with Crippen molar-refractivity contribution in [3.63, 3.8) is 0 Å². The highest BCUT2D eigenvalue weighted by Gasteiger charge is 2.10. The van der Waals surface area contributed by atoms with Crippen molar-refractivity contribution in [3.8, 4) is 5.75 Å². The van der Waals surface area contributed by atoms with Crippen LogP contribution in [0.25, 0.3) is 0 Å². The van der Waals surface area contributed by atoms with Crippen molar-refractivity contribution in [1.82, 2.24) is 0 Å². The molecule has 154 valence electrons. The first kappa shape index (κ1) is 21.9. The van der Waals surface area contributed by atoms with Crippen molar-refractivity contribution in [2.45, 2.75) is 25.4 Å². The van der Waals surface area contributed by atoms with Crippen LogP contribution in [0.1, 0.15) is 17.5 Å². The third-order valence-electron chi connectivity index (χ3n) is 4.55. The SMILES string of the molecule is N=CC(CCc1ccc(Cl)cc1)Oc1ccc(NC(=O)Cc2ccccc2Cl)cc1. The fourth-order valence-electron chi connectivity index (χ4n) is 2.95. The molecule has 1 unspecified atom stereocenters. The molecule has 0 radical (unpaired) electrons. The van der Waals surface area contributed by atoms with Gasteiger partial charge in [-0.3, -0.25) is 4.79 Å². The number of aryl methyl sites for hydroxylation is 1. The van der Waals surface area contributed by atoms with Gasteiger partial charge in [-0.15, -0.1) is 0 Å². The summed E-state index contributed by atoms with van der Waals surface area (Å²) in [5, 5.41) is 11.8. The second-order valence-electron chi connectivity index (χ2n) is 6.83. The lowest BCUT2D eigenvalue weighted by Gasteiger charge is -2.15. The Hall–Kier alpha value is -2.82. The van der Waals surface area contributed by atoms with E-state index in [4.69, 9.17) is 33.3 Å². The summed E-state index contributed by atoms with van der Waals surface area (Å²) in [7, 11) is 0. The molecule has 0 aliphatic heterocycles. The van der Waals surface area contributed by atoms with Crippen molar-refractivity contribution < 1.29 is 9.53 Å². The highest BCUT2D eigenvalue weighted by Crippen LogP contribution is 2.20. The van der Waals surface area contributed by atoms with Crippen LogP contribution in [0, 0.1) is 5.41 Å². The van der Waals surface area contributed by atoms with Gasteiger partial charge in [0.15, 0.2) is 0 Å². The summed E-state index contributed by atoms with van der Waals surface area (Å²) in [5.41, 5.74) is 2.60. The molecular weight excluding hydrogens is 419 g/mol. The molecule has 0 saturated carbocycles. The highest BCUT2D eigenvalue weighted by molar-refractivity contribution is 6.31. The Balaban J connectivity index is 1.51. The summed E-state index contributed by atoms with van der Waals surface area (Å²) in [6.45, 7) is 0. The standard InChI is InChI=1S/C24H22Cl2N2O2/c25-19-8-5-17(6-9-19)7-12-22(16-27)30-21-13-10-20(11-14-21)28-24(29)15-18-3-1-2-4-23(18)26/h1-6,8-11,13-14,16,22,27H,7,12,15H2,(H,28,29). The number of rotatable bonds is 9. The number of amides is 1. The molecule has 3 aromatic carbocycles. The van der Waals surface area contributed by atoms with Crippen LogP contribution in [-0.4, -0.2) is 18.2 Å². The molecule has 3 rings (SSSR count). The van der Waals surface area contributed by atoms with E-state index in [-0.39, 0.29) is 18.4 Å². The van der Waals surface area contributed by atoms with E-state index < -0.39 is 0 Å². The topological polar surface area (TPSA) is 62.2 Å². The van der Waals surface area contributed by atoms with Gasteiger partial charge in [-0.2, -0.15) is 0 Å². The van der Waals surface area contributed by atoms with Gasteiger partial charge in [0.05, 0.1) is 6.42 Å². The van der Waals surface area contributed by atoms with E-state index in [0.29, 0.717) is 27.9 Å². The summed E-state index contributed by atoms with van der Waals surface area (Å²) >= 11 is 12.0. The third kappa shape index (κ3) is 6.61. The molecule has 3 aromatic rings. The Bertz CT molecular complexity index is 989. The molecule has 6 heteroatoms. The van der Waals surface area contributed by atoms with Crippen molar-refractivity contribution in [1.29, 1.82) is 5.41 Å². The largest absolute Gasteiger partial charge is 0.485 e. The minimum absolute atomic E-state index is 0.142. The minimum atomic E-state index is -0.332. The number of carbonyl (C=O) groups excluding carboxylic acids is 1. The van der Waals surface area contributed by atoms with E-state index >= 15 is 0 Å². The summed E-state index contributed by atoms with van der Waals surface area (Å²) in [4.78, 5) is 12.2. The molecule has 0 bridgehead atoms. The van der Waals surface area contributed by atoms with Gasteiger partial charge in [-0.1, -0.05) is 53.5 Å². The predicted molar refractivity (Wildman–Crippen MR) is 123 cm³/mol. The Morgan fingerprint density at radius 2 is 1.70 bits per heavy atom. The Kier molecular flexibility index (Phi) is 7.89. The first-order valence-electron chi connectivity index (χ1n) is 9.58. The maximum Gasteiger partial charge on any atom is 0.228 e. The van der Waals surface area contributed by atoms with Gasteiger partial charge in [-0.25, -0.2) is 0 Å². The second-order valence-corrected chi connectivity index (χ2v) is 7.67. The van der Waals surface area contributed by atoms with E-state index in [1.807, 2.05) is 42.5 Å². The predicted octanol–water partition coefficient (Wildman–Crippen LogP) is 6.20. The molecule has 0 spiro atoms. The van der Waals surface area contributed by atoms with Crippen LogP contribution in [0.2, 0.25) is 10.0 Å². The average Bonchev–Trinajstić information content (AvgIpc) is 2.75. The minimum Gasteiger partial charge on any atom is -0.485 e. The zero-order chi connectivity index (χ0) is 21.3. The van der Waals surface area contributed by atoms with Crippen LogP contribution < -0.4 is 10.1 Å². The molecule has 0 aromatic heterocycles. The van der Waals surface area contributed by atoms with Crippen molar-refractivity contribution in [2.24, 2.45) is 0 Å². The molecule has 0 aliphatic carbocycles. The Morgan fingerprint density at radius 3 is 2.37 bits per heavy atom. The third-order valence-corrected chi connectivity index (χ3v) is 5.17. The van der Waals surface area contributed by atoms with Crippen LogP contribution in [0.4, 0.5) is 5.69 Å². The highest BCUT2D eigenvalue weighted by atomic mass is 35.5. The van der Waals surface area contributed by atoms with Gasteiger partial charge in [-0.05, 0) is 66.4 Å². The summed E-state index contributed by atoms with van der Waals surface area (Å²) in [5.74, 6) is 0.501. The van der Waals surface area contributed by atoms with Gasteiger partial charge < -0.3 is 15.5 Å². The van der Waals surface area contributed by atoms with Gasteiger partial charge in [0, 0.05) is 21.9 Å². The number of hydrogen-bond donors (Lipinski definition) is 2. The van der Waals surface area contributed by atoms with E-state index in [9.17, 15) is 4.79 Å². The fourth-order valence-corrected chi connectivity index (χ4v) is 3.28. The molecule has 0 saturated heterocycles. The number of ether oxygens (including phenoxy) is 1. The van der Waals surface area contributed by atoms with Gasteiger partial charge in [0.25, 0.3) is 0 Å². The van der Waals surface area contributed by atoms with Crippen LogP contribution in [0.3, 0.4) is 0 Å². The molecule has 2 N–H and O–H groups in total. The lowest BCUT2D eigenvalue weighted by atomic mass is 10.1. The Morgan fingerprint density at radius 1 is 1.00 bits per heavy atom. The molecule has 1 amide bonds. The lowest BCUT2D eigenvalue weighted by Crippen LogP contribution is -2.19. The molecule has 0 heterocycles. The van der Waals surface area contributed by atoms with E-state index in [1.165, 1.54) is 6.21 Å². The molecular formula is C24H22Cl2N2O2. The number of carbonyl (C=O) groups is 1. The maximum absolute atomic E-state index is 12.2. The maximum atomic E-state index is 12.2. The van der Waals surface area contributed by atoms with Crippen molar-refractivity contribution in [3.05, 3.63) is 94.0 Å². The lowest BCUT2D eigenvalue weighted by molar-refractivity contribution is -0.115. The van der Waals surface area contributed by atoms with E-state index in [2.05, 4.69) is 5.32 Å². The molecule has 30 heavy (non-hydrogen) atoms. The first-order chi connectivity index (χ1) is 14.5. The van der Waals surface area contributed by atoms with Crippen LogP contribution in [0.15, 0.2) is 72.8 Å². The van der Waals surface area contributed by atoms with Crippen molar-refractivity contribution in [2.75, 3.05) is 5.32 Å². The van der Waals surface area contributed by atoms with Crippen LogP contribution >= 0.6 is 23.2 Å². The fraction of sp³-hybridized carbons (Fsp3) is 0.167. The number of benzene rings is 3. The number of anilines is 1. The van der Waals surface area contributed by atoms with Crippen LogP contribution in [0.5, 0.6) is 5.75 Å². The summed E-state index contributed by atoms with van der Waals surface area (Å²) in [6.07, 6.45) is 2.64. The molecule has 4 nitrogen and oxygen atoms in total. The van der Waals surface area contributed by atoms with Gasteiger partial charge >= 0.3 is 0 Å². The van der Waals surface area contributed by atoms with E-state index in [0.717, 1.165) is 17.5 Å². The monoisotopic (exact) mass is 440 g/mol. The van der Waals surface area contributed by atoms with Crippen LogP contribution in [-0.2, 0) is 17.6 Å². The molecule has 1 atom stereocenters. The normalized spacial score (nSPS) is 11.5. The van der Waals surface area contributed by atoms with Gasteiger partial charge in [0.1, 0.15) is 11.9 Å². The Labute approximate surface area is 186 Å². The van der Waals surface area contributed by atoms with Gasteiger partial charge in [0.2, 0.25) is 5.91 Å².